The first-order valence-electron chi connectivity index (χ1n) is 4.86. The molecule has 74 valence electrons. The minimum Gasteiger partial charge on any atom is -0.332 e. The summed E-state index contributed by atoms with van der Waals surface area (Å²) < 4.78 is 2.26. The van der Waals surface area contributed by atoms with E-state index >= 15 is 0 Å². The Morgan fingerprint density at radius 1 is 1.54 bits per heavy atom. The molecule has 0 amide bonds. The van der Waals surface area contributed by atoms with Gasteiger partial charge >= 0.3 is 0 Å². The lowest BCUT2D eigenvalue weighted by atomic mass is 10.2. The molecule has 2 N–H and O–H groups in total. The maximum atomic E-state index is 5.53. The van der Waals surface area contributed by atoms with Crippen LogP contribution in [0.2, 0.25) is 0 Å². The standard InChI is InChI=1S/C10H19N3/c1-8(2)7-13-9(3)12-6-10(13)4-5-11/h6,8H,4-5,7,11H2,1-3H3. The van der Waals surface area contributed by atoms with Gasteiger partial charge in [0.15, 0.2) is 0 Å². The van der Waals surface area contributed by atoms with Gasteiger partial charge in [-0.25, -0.2) is 4.98 Å². The third kappa shape index (κ3) is 2.56. The molecule has 0 aromatic carbocycles. The van der Waals surface area contributed by atoms with E-state index in [1.54, 1.807) is 0 Å². The zero-order valence-corrected chi connectivity index (χ0v) is 8.75. The van der Waals surface area contributed by atoms with E-state index < -0.39 is 0 Å². The number of imidazole rings is 1. The molecular weight excluding hydrogens is 162 g/mol. The monoisotopic (exact) mass is 181 g/mol. The molecule has 0 bridgehead atoms. The fourth-order valence-electron chi connectivity index (χ4n) is 1.48. The molecule has 1 aromatic heterocycles. The van der Waals surface area contributed by atoms with Crippen LogP contribution in [0.3, 0.4) is 0 Å². The molecule has 3 nitrogen and oxygen atoms in total. The average Bonchev–Trinajstić information content (AvgIpc) is 2.36. The van der Waals surface area contributed by atoms with Gasteiger partial charge in [0.2, 0.25) is 0 Å². The van der Waals surface area contributed by atoms with Crippen LogP contribution in [0.5, 0.6) is 0 Å². The van der Waals surface area contributed by atoms with Gasteiger partial charge in [-0.2, -0.15) is 0 Å². The molecule has 0 spiro atoms. The first-order valence-corrected chi connectivity index (χ1v) is 4.86. The van der Waals surface area contributed by atoms with Gasteiger partial charge in [0.1, 0.15) is 5.82 Å². The maximum absolute atomic E-state index is 5.53. The van der Waals surface area contributed by atoms with E-state index in [1.807, 2.05) is 13.1 Å². The molecule has 0 unspecified atom stereocenters. The van der Waals surface area contributed by atoms with E-state index in [2.05, 4.69) is 23.4 Å². The van der Waals surface area contributed by atoms with Gasteiger partial charge in [0.05, 0.1) is 0 Å². The van der Waals surface area contributed by atoms with Gasteiger partial charge in [0.25, 0.3) is 0 Å². The summed E-state index contributed by atoms with van der Waals surface area (Å²) in [5.74, 6) is 1.75. The van der Waals surface area contributed by atoms with Crippen LogP contribution in [0.15, 0.2) is 6.20 Å². The molecule has 0 saturated heterocycles. The molecule has 1 heterocycles. The number of nitrogens with zero attached hydrogens (tertiary/aromatic N) is 2. The molecule has 1 aromatic rings. The Hall–Kier alpha value is -0.830. The minimum atomic E-state index is 0.657. The largest absolute Gasteiger partial charge is 0.332 e. The highest BCUT2D eigenvalue weighted by molar-refractivity contribution is 5.05. The minimum absolute atomic E-state index is 0.657. The Kier molecular flexibility index (Phi) is 3.48. The Morgan fingerprint density at radius 3 is 2.77 bits per heavy atom. The third-order valence-electron chi connectivity index (χ3n) is 2.09. The van der Waals surface area contributed by atoms with Crippen LogP contribution >= 0.6 is 0 Å². The van der Waals surface area contributed by atoms with Crippen molar-refractivity contribution in [2.75, 3.05) is 6.54 Å². The Morgan fingerprint density at radius 2 is 2.23 bits per heavy atom. The summed E-state index contributed by atoms with van der Waals surface area (Å²) in [6.07, 6.45) is 2.86. The van der Waals surface area contributed by atoms with Gasteiger partial charge in [-0.1, -0.05) is 13.8 Å². The van der Waals surface area contributed by atoms with E-state index in [-0.39, 0.29) is 0 Å². The van der Waals surface area contributed by atoms with Crippen LogP contribution in [0.25, 0.3) is 0 Å². The number of aromatic nitrogens is 2. The lowest BCUT2D eigenvalue weighted by molar-refractivity contribution is 0.500. The summed E-state index contributed by atoms with van der Waals surface area (Å²) in [4.78, 5) is 4.30. The van der Waals surface area contributed by atoms with Crippen LogP contribution in [0, 0.1) is 12.8 Å². The molecule has 0 aliphatic rings. The molecule has 0 fully saturated rings. The van der Waals surface area contributed by atoms with Gasteiger partial charge in [-0.3, -0.25) is 0 Å². The van der Waals surface area contributed by atoms with Crippen LogP contribution in [-0.4, -0.2) is 16.1 Å². The van der Waals surface area contributed by atoms with Crippen molar-refractivity contribution >= 4 is 0 Å². The van der Waals surface area contributed by atoms with Crippen molar-refractivity contribution in [2.24, 2.45) is 11.7 Å². The van der Waals surface area contributed by atoms with E-state index in [0.717, 1.165) is 18.8 Å². The quantitative estimate of drug-likeness (QED) is 0.762. The van der Waals surface area contributed by atoms with E-state index in [4.69, 9.17) is 5.73 Å². The summed E-state index contributed by atoms with van der Waals surface area (Å²) in [5.41, 5.74) is 6.79. The summed E-state index contributed by atoms with van der Waals surface area (Å²) >= 11 is 0. The SMILES string of the molecule is Cc1ncc(CCN)n1CC(C)C. The Labute approximate surface area is 80.0 Å². The Bertz CT molecular complexity index is 263. The highest BCUT2D eigenvalue weighted by Crippen LogP contribution is 2.08. The van der Waals surface area contributed by atoms with Crippen molar-refractivity contribution in [2.45, 2.75) is 33.7 Å². The van der Waals surface area contributed by atoms with E-state index in [9.17, 15) is 0 Å². The lowest BCUT2D eigenvalue weighted by Crippen LogP contribution is -2.13. The average molecular weight is 181 g/mol. The van der Waals surface area contributed by atoms with Crippen LogP contribution in [0.1, 0.15) is 25.4 Å². The molecule has 1 rings (SSSR count). The number of rotatable bonds is 4. The van der Waals surface area contributed by atoms with Crippen LogP contribution < -0.4 is 5.73 Å². The molecule has 13 heavy (non-hydrogen) atoms. The smallest absolute Gasteiger partial charge is 0.105 e. The topological polar surface area (TPSA) is 43.8 Å². The van der Waals surface area contributed by atoms with Gasteiger partial charge < -0.3 is 10.3 Å². The van der Waals surface area contributed by atoms with Crippen molar-refractivity contribution in [1.29, 1.82) is 0 Å². The molecule has 0 aliphatic carbocycles. The summed E-state index contributed by atoms with van der Waals surface area (Å²) in [5, 5.41) is 0. The summed E-state index contributed by atoms with van der Waals surface area (Å²) in [6, 6.07) is 0. The third-order valence-corrected chi connectivity index (χ3v) is 2.09. The van der Waals surface area contributed by atoms with Gasteiger partial charge in [0, 0.05) is 24.9 Å². The number of hydrogen-bond acceptors (Lipinski definition) is 2. The first-order chi connectivity index (χ1) is 6.15. The zero-order chi connectivity index (χ0) is 9.84. The van der Waals surface area contributed by atoms with Crippen LogP contribution in [-0.2, 0) is 13.0 Å². The predicted molar refractivity (Wildman–Crippen MR) is 54.6 cm³/mol. The van der Waals surface area contributed by atoms with Gasteiger partial charge in [-0.15, -0.1) is 0 Å². The predicted octanol–water partition coefficient (Wildman–Crippen LogP) is 1.35. The highest BCUT2D eigenvalue weighted by atomic mass is 15.1. The lowest BCUT2D eigenvalue weighted by Gasteiger charge is -2.11. The second-order valence-corrected chi connectivity index (χ2v) is 3.84. The number of aryl methyl sites for hydroxylation is 1. The molecule has 0 saturated carbocycles. The number of hydrogen-bond donors (Lipinski definition) is 1. The van der Waals surface area contributed by atoms with Gasteiger partial charge in [-0.05, 0) is 19.4 Å². The van der Waals surface area contributed by atoms with Crippen molar-refractivity contribution in [3.8, 4) is 0 Å². The molecular formula is C10H19N3. The van der Waals surface area contributed by atoms with Crippen molar-refractivity contribution in [1.82, 2.24) is 9.55 Å². The molecule has 3 heteroatoms. The molecule has 0 aliphatic heterocycles. The van der Waals surface area contributed by atoms with Crippen molar-refractivity contribution in [3.63, 3.8) is 0 Å². The maximum Gasteiger partial charge on any atom is 0.105 e. The highest BCUT2D eigenvalue weighted by Gasteiger charge is 2.06. The first kappa shape index (κ1) is 10.3. The van der Waals surface area contributed by atoms with Crippen LogP contribution in [0.4, 0.5) is 0 Å². The zero-order valence-electron chi connectivity index (χ0n) is 8.75. The Balaban J connectivity index is 2.81. The molecule has 0 radical (unpaired) electrons. The molecule has 0 atom stereocenters. The fraction of sp³-hybridized carbons (Fsp3) is 0.700. The van der Waals surface area contributed by atoms with E-state index in [0.29, 0.717) is 12.5 Å². The second-order valence-electron chi connectivity index (χ2n) is 3.84. The summed E-state index contributed by atoms with van der Waals surface area (Å²) in [7, 11) is 0. The summed E-state index contributed by atoms with van der Waals surface area (Å²) in [6.45, 7) is 8.21. The normalized spacial score (nSPS) is 11.2. The van der Waals surface area contributed by atoms with E-state index in [1.165, 1.54) is 5.69 Å². The number of nitrogens with two attached hydrogens (primary N) is 1. The fourth-order valence-corrected chi connectivity index (χ4v) is 1.48. The van der Waals surface area contributed by atoms with Crippen molar-refractivity contribution in [3.05, 3.63) is 17.7 Å². The second kappa shape index (κ2) is 4.42. The van der Waals surface area contributed by atoms with Crippen molar-refractivity contribution < 1.29 is 0 Å².